The van der Waals surface area contributed by atoms with Gasteiger partial charge in [-0.1, -0.05) is 0 Å². The van der Waals surface area contributed by atoms with Crippen molar-refractivity contribution in [2.75, 3.05) is 6.54 Å². The van der Waals surface area contributed by atoms with E-state index in [1.807, 2.05) is 42.9 Å². The van der Waals surface area contributed by atoms with Crippen LogP contribution in [0.5, 0.6) is 0 Å². The van der Waals surface area contributed by atoms with Crippen molar-refractivity contribution in [2.45, 2.75) is 33.2 Å². The average Bonchev–Trinajstić information content (AvgIpc) is 3.03. The molecule has 5 heteroatoms. The van der Waals surface area contributed by atoms with E-state index in [9.17, 15) is 4.79 Å². The van der Waals surface area contributed by atoms with Crippen molar-refractivity contribution in [1.29, 1.82) is 0 Å². The summed E-state index contributed by atoms with van der Waals surface area (Å²) in [4.78, 5) is 12.0. The summed E-state index contributed by atoms with van der Waals surface area (Å²) in [7, 11) is 0. The van der Waals surface area contributed by atoms with Crippen molar-refractivity contribution >= 4 is 5.91 Å². The van der Waals surface area contributed by atoms with Crippen molar-refractivity contribution in [2.24, 2.45) is 0 Å². The van der Waals surface area contributed by atoms with Gasteiger partial charge in [-0.3, -0.25) is 9.89 Å². The smallest absolute Gasteiger partial charge is 0.267 e. The summed E-state index contributed by atoms with van der Waals surface area (Å²) in [5.74, 6) is -0.00392. The zero-order valence-electron chi connectivity index (χ0n) is 11.4. The minimum atomic E-state index is -0.00392. The van der Waals surface area contributed by atoms with Crippen LogP contribution in [0.2, 0.25) is 0 Å². The van der Waals surface area contributed by atoms with Gasteiger partial charge in [0.05, 0.1) is 6.20 Å². The maximum Gasteiger partial charge on any atom is 0.267 e. The number of H-pyrrole nitrogens is 1. The molecule has 5 nitrogen and oxygen atoms in total. The zero-order chi connectivity index (χ0) is 13.7. The number of rotatable bonds is 6. The van der Waals surface area contributed by atoms with Gasteiger partial charge in [0.2, 0.25) is 0 Å². The number of aryl methyl sites for hydroxylation is 3. The number of hydrogen-bond acceptors (Lipinski definition) is 2. The molecule has 0 aliphatic carbocycles. The van der Waals surface area contributed by atoms with E-state index in [-0.39, 0.29) is 5.91 Å². The molecule has 2 aromatic rings. The van der Waals surface area contributed by atoms with Gasteiger partial charge in [0.15, 0.2) is 0 Å². The van der Waals surface area contributed by atoms with E-state index in [2.05, 4.69) is 15.5 Å². The Kier molecular flexibility index (Phi) is 4.39. The van der Waals surface area contributed by atoms with Crippen LogP contribution in [0, 0.1) is 6.92 Å². The second kappa shape index (κ2) is 6.22. The Morgan fingerprint density at radius 1 is 1.53 bits per heavy atom. The maximum atomic E-state index is 12.0. The molecule has 0 bridgehead atoms. The van der Waals surface area contributed by atoms with Gasteiger partial charge in [-0.05, 0) is 44.4 Å². The fourth-order valence-corrected chi connectivity index (χ4v) is 2.09. The molecule has 0 atom stereocenters. The van der Waals surface area contributed by atoms with E-state index in [4.69, 9.17) is 0 Å². The Morgan fingerprint density at radius 2 is 2.37 bits per heavy atom. The molecule has 0 saturated heterocycles. The normalized spacial score (nSPS) is 10.6. The number of hydrogen-bond donors (Lipinski definition) is 2. The molecule has 2 N–H and O–H groups in total. The molecule has 0 saturated carbocycles. The minimum absolute atomic E-state index is 0.00392. The van der Waals surface area contributed by atoms with Gasteiger partial charge in [0.25, 0.3) is 5.91 Å². The highest BCUT2D eigenvalue weighted by Gasteiger charge is 2.09. The summed E-state index contributed by atoms with van der Waals surface area (Å²) in [5, 5.41) is 9.85. The number of nitrogens with zero attached hydrogens (tertiary/aromatic N) is 2. The molecule has 2 heterocycles. The van der Waals surface area contributed by atoms with Crippen molar-refractivity contribution in [1.82, 2.24) is 20.1 Å². The van der Waals surface area contributed by atoms with E-state index in [0.717, 1.165) is 30.8 Å². The minimum Gasteiger partial charge on any atom is -0.351 e. The largest absolute Gasteiger partial charge is 0.351 e. The van der Waals surface area contributed by atoms with E-state index in [1.54, 1.807) is 0 Å². The Morgan fingerprint density at radius 3 is 3.05 bits per heavy atom. The summed E-state index contributed by atoms with van der Waals surface area (Å²) in [5.41, 5.74) is 3.04. The lowest BCUT2D eigenvalue weighted by Crippen LogP contribution is -2.26. The topological polar surface area (TPSA) is 62.7 Å². The summed E-state index contributed by atoms with van der Waals surface area (Å²) in [6.45, 7) is 5.52. The van der Waals surface area contributed by atoms with Crippen LogP contribution in [0.15, 0.2) is 24.5 Å². The lowest BCUT2D eigenvalue weighted by atomic mass is 10.1. The van der Waals surface area contributed by atoms with Gasteiger partial charge in [-0.25, -0.2) is 0 Å². The molecule has 0 fully saturated rings. The van der Waals surface area contributed by atoms with Crippen LogP contribution in [0.4, 0.5) is 0 Å². The lowest BCUT2D eigenvalue weighted by Gasteiger charge is -2.07. The first-order valence-corrected chi connectivity index (χ1v) is 6.64. The molecule has 0 aliphatic rings. The predicted molar refractivity (Wildman–Crippen MR) is 74.1 cm³/mol. The summed E-state index contributed by atoms with van der Waals surface area (Å²) in [6.07, 6.45) is 5.61. The van der Waals surface area contributed by atoms with Gasteiger partial charge in [0, 0.05) is 25.0 Å². The van der Waals surface area contributed by atoms with Gasteiger partial charge < -0.3 is 9.88 Å². The predicted octanol–water partition coefficient (Wildman–Crippen LogP) is 1.90. The molecule has 102 valence electrons. The highest BCUT2D eigenvalue weighted by Crippen LogP contribution is 2.06. The van der Waals surface area contributed by atoms with Crippen LogP contribution in [-0.4, -0.2) is 27.2 Å². The van der Waals surface area contributed by atoms with Crippen molar-refractivity contribution in [3.05, 3.63) is 41.5 Å². The number of carbonyl (C=O) groups is 1. The molecule has 0 aromatic carbocycles. The standard InChI is InChI=1S/C14H20N4O/c1-3-18-9-5-7-13(18)14(19)15-8-4-6-12-10-16-17-11(12)2/h5,7,9-10H,3-4,6,8H2,1-2H3,(H,15,19)(H,16,17). The second-order valence-electron chi connectivity index (χ2n) is 4.56. The third-order valence-electron chi connectivity index (χ3n) is 3.25. The van der Waals surface area contributed by atoms with Crippen LogP contribution in [0.3, 0.4) is 0 Å². The van der Waals surface area contributed by atoms with Crippen LogP contribution < -0.4 is 5.32 Å². The van der Waals surface area contributed by atoms with E-state index in [0.29, 0.717) is 6.54 Å². The van der Waals surface area contributed by atoms with Gasteiger partial charge in [-0.15, -0.1) is 0 Å². The summed E-state index contributed by atoms with van der Waals surface area (Å²) >= 11 is 0. The quantitative estimate of drug-likeness (QED) is 0.779. The van der Waals surface area contributed by atoms with Crippen LogP contribution in [0.1, 0.15) is 35.1 Å². The van der Waals surface area contributed by atoms with Gasteiger partial charge in [0.1, 0.15) is 5.69 Å². The Bertz CT molecular complexity index is 541. The maximum absolute atomic E-state index is 12.0. The third-order valence-corrected chi connectivity index (χ3v) is 3.25. The molecule has 0 spiro atoms. The molecule has 2 rings (SSSR count). The average molecular weight is 260 g/mol. The highest BCUT2D eigenvalue weighted by atomic mass is 16.1. The molecule has 19 heavy (non-hydrogen) atoms. The van der Waals surface area contributed by atoms with E-state index in [1.165, 1.54) is 5.56 Å². The van der Waals surface area contributed by atoms with Gasteiger partial charge in [-0.2, -0.15) is 5.10 Å². The van der Waals surface area contributed by atoms with Crippen molar-refractivity contribution < 1.29 is 4.79 Å². The number of amides is 1. The number of aromatic amines is 1. The fraction of sp³-hybridized carbons (Fsp3) is 0.429. The third kappa shape index (κ3) is 3.24. The number of aromatic nitrogens is 3. The fourth-order valence-electron chi connectivity index (χ4n) is 2.09. The van der Waals surface area contributed by atoms with Crippen molar-refractivity contribution in [3.8, 4) is 0 Å². The SMILES string of the molecule is CCn1cccc1C(=O)NCCCc1cn[nH]c1C. The molecule has 1 amide bonds. The highest BCUT2D eigenvalue weighted by molar-refractivity contribution is 5.92. The number of nitrogens with one attached hydrogen (secondary N) is 2. The summed E-state index contributed by atoms with van der Waals surface area (Å²) < 4.78 is 1.94. The van der Waals surface area contributed by atoms with Crippen LogP contribution in [-0.2, 0) is 13.0 Å². The van der Waals surface area contributed by atoms with Crippen LogP contribution in [0.25, 0.3) is 0 Å². The number of carbonyl (C=O) groups excluding carboxylic acids is 1. The Labute approximate surface area is 113 Å². The van der Waals surface area contributed by atoms with E-state index >= 15 is 0 Å². The molecular weight excluding hydrogens is 240 g/mol. The van der Waals surface area contributed by atoms with Crippen molar-refractivity contribution in [3.63, 3.8) is 0 Å². The molecule has 0 radical (unpaired) electrons. The molecular formula is C14H20N4O. The molecule has 2 aromatic heterocycles. The van der Waals surface area contributed by atoms with Crippen LogP contribution >= 0.6 is 0 Å². The first-order chi connectivity index (χ1) is 9.22. The summed E-state index contributed by atoms with van der Waals surface area (Å²) in [6, 6.07) is 3.74. The lowest BCUT2D eigenvalue weighted by molar-refractivity contribution is 0.0944. The zero-order valence-corrected chi connectivity index (χ0v) is 11.4. The first kappa shape index (κ1) is 13.4. The van der Waals surface area contributed by atoms with E-state index < -0.39 is 0 Å². The second-order valence-corrected chi connectivity index (χ2v) is 4.56. The van der Waals surface area contributed by atoms with Gasteiger partial charge >= 0.3 is 0 Å². The first-order valence-electron chi connectivity index (χ1n) is 6.64. The Balaban J connectivity index is 1.77. The molecule has 0 unspecified atom stereocenters. The Hall–Kier alpha value is -2.04. The monoisotopic (exact) mass is 260 g/mol. The molecule has 0 aliphatic heterocycles.